The summed E-state index contributed by atoms with van der Waals surface area (Å²) in [7, 11) is 0. The fourth-order valence-corrected chi connectivity index (χ4v) is 0.888. The van der Waals surface area contributed by atoms with Gasteiger partial charge in [-0.15, -0.1) is 0 Å². The van der Waals surface area contributed by atoms with Crippen molar-refractivity contribution < 1.29 is 0 Å². The van der Waals surface area contributed by atoms with E-state index in [1.807, 2.05) is 20.8 Å². The molecule has 1 aromatic heterocycles. The van der Waals surface area contributed by atoms with Gasteiger partial charge in [0.25, 0.3) is 5.56 Å². The lowest BCUT2D eigenvalue weighted by Crippen LogP contribution is -2.21. The molecule has 0 bridgehead atoms. The van der Waals surface area contributed by atoms with E-state index < -0.39 is 0 Å². The summed E-state index contributed by atoms with van der Waals surface area (Å²) in [5, 5.41) is 0. The van der Waals surface area contributed by atoms with E-state index in [0.29, 0.717) is 0 Å². The van der Waals surface area contributed by atoms with Gasteiger partial charge in [-0.05, 0) is 20.8 Å². The zero-order valence-electron chi connectivity index (χ0n) is 7.03. The van der Waals surface area contributed by atoms with Crippen molar-refractivity contribution in [2.75, 3.05) is 0 Å². The van der Waals surface area contributed by atoms with Crippen molar-refractivity contribution in [2.24, 2.45) is 0 Å². The van der Waals surface area contributed by atoms with Gasteiger partial charge < -0.3 is 0 Å². The molecule has 0 aliphatic heterocycles. The van der Waals surface area contributed by atoms with Gasteiger partial charge >= 0.3 is 0 Å². The molecule has 1 aromatic rings. The van der Waals surface area contributed by atoms with Crippen LogP contribution in [0.1, 0.15) is 25.6 Å². The highest BCUT2D eigenvalue weighted by atomic mass is 16.1. The van der Waals surface area contributed by atoms with Crippen molar-refractivity contribution in [3.8, 4) is 0 Å². The Bertz CT molecular complexity index is 301. The Morgan fingerprint density at radius 1 is 1.55 bits per heavy atom. The average molecular weight is 152 g/mol. The van der Waals surface area contributed by atoms with E-state index in [1.165, 1.54) is 0 Å². The summed E-state index contributed by atoms with van der Waals surface area (Å²) in [4.78, 5) is 15.2. The second-order valence-electron chi connectivity index (χ2n) is 2.87. The highest BCUT2D eigenvalue weighted by Gasteiger charge is 1.99. The molecule has 1 rings (SSSR count). The molecule has 0 saturated heterocycles. The molecular formula is C8H12N2O. The third-order valence-electron chi connectivity index (χ3n) is 1.53. The standard InChI is InChI=1S/C8H12N2O/c1-6(2)10-5-9-7(3)4-8(10)11/h4-6H,1-3H3. The first kappa shape index (κ1) is 7.98. The summed E-state index contributed by atoms with van der Waals surface area (Å²) in [5.41, 5.74) is 0.791. The van der Waals surface area contributed by atoms with Gasteiger partial charge in [-0.25, -0.2) is 4.98 Å². The minimum absolute atomic E-state index is 0.0208. The maximum Gasteiger partial charge on any atom is 0.253 e. The van der Waals surface area contributed by atoms with Gasteiger partial charge in [0.15, 0.2) is 0 Å². The van der Waals surface area contributed by atoms with Gasteiger partial charge in [-0.1, -0.05) is 0 Å². The Morgan fingerprint density at radius 2 is 2.18 bits per heavy atom. The largest absolute Gasteiger partial charge is 0.297 e. The monoisotopic (exact) mass is 152 g/mol. The molecule has 0 aromatic carbocycles. The number of rotatable bonds is 1. The number of aryl methyl sites for hydroxylation is 1. The fraction of sp³-hybridized carbons (Fsp3) is 0.500. The van der Waals surface area contributed by atoms with Crippen molar-refractivity contribution in [2.45, 2.75) is 26.8 Å². The Kier molecular flexibility index (Phi) is 2.08. The molecule has 0 aliphatic carbocycles. The topological polar surface area (TPSA) is 34.9 Å². The van der Waals surface area contributed by atoms with E-state index in [0.717, 1.165) is 5.69 Å². The molecule has 0 atom stereocenters. The molecule has 1 heterocycles. The third-order valence-corrected chi connectivity index (χ3v) is 1.53. The summed E-state index contributed by atoms with van der Waals surface area (Å²) in [5.74, 6) is 0. The number of hydrogen-bond donors (Lipinski definition) is 0. The zero-order chi connectivity index (χ0) is 8.43. The Balaban J connectivity index is 3.21. The number of nitrogens with zero attached hydrogens (tertiary/aromatic N) is 2. The molecule has 0 unspecified atom stereocenters. The summed E-state index contributed by atoms with van der Waals surface area (Å²) >= 11 is 0. The fourth-order valence-electron chi connectivity index (χ4n) is 0.888. The van der Waals surface area contributed by atoms with Crippen LogP contribution in [0.4, 0.5) is 0 Å². The van der Waals surface area contributed by atoms with Crippen molar-refractivity contribution in [1.29, 1.82) is 0 Å². The molecule has 0 saturated carbocycles. The zero-order valence-corrected chi connectivity index (χ0v) is 7.03. The average Bonchev–Trinajstić information content (AvgIpc) is 1.85. The number of aromatic nitrogens is 2. The Morgan fingerprint density at radius 3 is 2.64 bits per heavy atom. The lowest BCUT2D eigenvalue weighted by atomic mass is 10.4. The van der Waals surface area contributed by atoms with E-state index in [4.69, 9.17) is 0 Å². The molecule has 11 heavy (non-hydrogen) atoms. The first-order valence-corrected chi connectivity index (χ1v) is 3.66. The van der Waals surface area contributed by atoms with Gasteiger partial charge in [0.05, 0.1) is 6.33 Å². The predicted octanol–water partition coefficient (Wildman–Crippen LogP) is 1.13. The van der Waals surface area contributed by atoms with Crippen molar-refractivity contribution in [3.05, 3.63) is 28.4 Å². The highest BCUT2D eigenvalue weighted by molar-refractivity contribution is 4.96. The first-order chi connectivity index (χ1) is 5.11. The lowest BCUT2D eigenvalue weighted by Gasteiger charge is -2.07. The van der Waals surface area contributed by atoms with Gasteiger partial charge in [-0.3, -0.25) is 9.36 Å². The van der Waals surface area contributed by atoms with E-state index in [1.54, 1.807) is 17.0 Å². The van der Waals surface area contributed by atoms with Crippen LogP contribution in [0.3, 0.4) is 0 Å². The van der Waals surface area contributed by atoms with Crippen LogP contribution < -0.4 is 5.56 Å². The Hall–Kier alpha value is -1.12. The molecule has 0 aliphatic rings. The van der Waals surface area contributed by atoms with Gasteiger partial charge in [0, 0.05) is 17.8 Å². The normalized spacial score (nSPS) is 10.5. The predicted molar refractivity (Wildman–Crippen MR) is 43.6 cm³/mol. The van der Waals surface area contributed by atoms with Crippen LogP contribution >= 0.6 is 0 Å². The second-order valence-corrected chi connectivity index (χ2v) is 2.87. The Labute approximate surface area is 65.7 Å². The molecular weight excluding hydrogens is 140 g/mol. The third kappa shape index (κ3) is 1.67. The maximum atomic E-state index is 11.2. The summed E-state index contributed by atoms with van der Waals surface area (Å²) in [6, 6.07) is 1.73. The molecule has 0 fully saturated rings. The van der Waals surface area contributed by atoms with Crippen molar-refractivity contribution in [3.63, 3.8) is 0 Å². The van der Waals surface area contributed by atoms with E-state index in [2.05, 4.69) is 4.98 Å². The maximum absolute atomic E-state index is 11.2. The molecule has 0 N–H and O–H groups in total. The van der Waals surface area contributed by atoms with Crippen LogP contribution in [-0.2, 0) is 0 Å². The summed E-state index contributed by atoms with van der Waals surface area (Å²) < 4.78 is 1.60. The van der Waals surface area contributed by atoms with Gasteiger partial charge in [-0.2, -0.15) is 0 Å². The van der Waals surface area contributed by atoms with E-state index >= 15 is 0 Å². The smallest absolute Gasteiger partial charge is 0.253 e. The second kappa shape index (κ2) is 2.86. The van der Waals surface area contributed by atoms with Crippen molar-refractivity contribution >= 4 is 0 Å². The highest BCUT2D eigenvalue weighted by Crippen LogP contribution is 1.97. The van der Waals surface area contributed by atoms with E-state index in [-0.39, 0.29) is 11.6 Å². The first-order valence-electron chi connectivity index (χ1n) is 3.66. The number of hydrogen-bond acceptors (Lipinski definition) is 2. The molecule has 0 amide bonds. The van der Waals surface area contributed by atoms with Gasteiger partial charge in [0.2, 0.25) is 0 Å². The molecule has 60 valence electrons. The van der Waals surface area contributed by atoms with Gasteiger partial charge in [0.1, 0.15) is 0 Å². The van der Waals surface area contributed by atoms with Crippen LogP contribution in [-0.4, -0.2) is 9.55 Å². The van der Waals surface area contributed by atoms with Crippen LogP contribution in [0, 0.1) is 6.92 Å². The summed E-state index contributed by atoms with van der Waals surface area (Å²) in [6.07, 6.45) is 1.59. The SMILES string of the molecule is Cc1cc(=O)n(C(C)C)cn1. The summed E-state index contributed by atoms with van der Waals surface area (Å²) in [6.45, 7) is 5.73. The lowest BCUT2D eigenvalue weighted by molar-refractivity contribution is 0.565. The minimum Gasteiger partial charge on any atom is -0.297 e. The van der Waals surface area contributed by atoms with E-state index in [9.17, 15) is 4.79 Å². The van der Waals surface area contributed by atoms with Crippen LogP contribution in [0.2, 0.25) is 0 Å². The minimum atomic E-state index is 0.0208. The molecule has 0 radical (unpaired) electrons. The molecule has 0 spiro atoms. The quantitative estimate of drug-likeness (QED) is 0.604. The molecule has 3 nitrogen and oxygen atoms in total. The van der Waals surface area contributed by atoms with Crippen LogP contribution in [0.15, 0.2) is 17.2 Å². The van der Waals surface area contributed by atoms with Crippen LogP contribution in [0.5, 0.6) is 0 Å². The van der Waals surface area contributed by atoms with Crippen LogP contribution in [0.25, 0.3) is 0 Å². The molecule has 3 heteroatoms. The van der Waals surface area contributed by atoms with Crippen molar-refractivity contribution in [1.82, 2.24) is 9.55 Å².